The van der Waals surface area contributed by atoms with Crippen LogP contribution in [0.1, 0.15) is 36.2 Å². The van der Waals surface area contributed by atoms with Crippen LogP contribution in [0, 0.1) is 3.57 Å². The van der Waals surface area contributed by atoms with E-state index in [1.165, 1.54) is 5.56 Å². The fourth-order valence-electron chi connectivity index (χ4n) is 2.14. The van der Waals surface area contributed by atoms with Crippen LogP contribution < -0.4 is 5.32 Å². The van der Waals surface area contributed by atoms with Crippen molar-refractivity contribution in [3.63, 3.8) is 0 Å². The van der Waals surface area contributed by atoms with E-state index in [0.717, 1.165) is 16.4 Å². The number of amides is 1. The maximum Gasteiger partial charge on any atom is 0.251 e. The van der Waals surface area contributed by atoms with Gasteiger partial charge in [-0.2, -0.15) is 0 Å². The summed E-state index contributed by atoms with van der Waals surface area (Å²) in [7, 11) is 0. The van der Waals surface area contributed by atoms with Crippen molar-refractivity contribution in [3.8, 4) is 0 Å². The third kappa shape index (κ3) is 5.16. The number of hydrogen-bond acceptors (Lipinski definition) is 1. The van der Waals surface area contributed by atoms with Crippen molar-refractivity contribution in [2.75, 3.05) is 0 Å². The molecule has 0 aromatic heterocycles. The number of rotatable bonds is 5. The number of hydrogen-bond donors (Lipinski definition) is 1. The molecule has 0 aliphatic rings. The van der Waals surface area contributed by atoms with Gasteiger partial charge in [0, 0.05) is 14.7 Å². The molecule has 110 valence electrons. The summed E-state index contributed by atoms with van der Waals surface area (Å²) in [5, 5.41) is 3.12. The van der Waals surface area contributed by atoms with Crippen molar-refractivity contribution in [2.24, 2.45) is 0 Å². The van der Waals surface area contributed by atoms with Gasteiger partial charge in [-0.05, 0) is 79.1 Å². The summed E-state index contributed by atoms with van der Waals surface area (Å²) in [5.41, 5.74) is 1.79. The van der Waals surface area contributed by atoms with E-state index < -0.39 is 0 Å². The average molecular weight is 393 g/mol. The first kappa shape index (κ1) is 16.0. The van der Waals surface area contributed by atoms with Crippen LogP contribution >= 0.6 is 22.6 Å². The summed E-state index contributed by atoms with van der Waals surface area (Å²) in [6.07, 6.45) is 1.87. The number of carbonyl (C=O) groups excluding carboxylic acids is 1. The van der Waals surface area contributed by atoms with Crippen molar-refractivity contribution in [1.82, 2.24) is 5.32 Å². The van der Waals surface area contributed by atoms with E-state index in [0.29, 0.717) is 5.56 Å². The third-order valence-corrected chi connectivity index (χ3v) is 4.16. The molecule has 0 saturated heterocycles. The molecule has 0 unspecified atom stereocenters. The van der Waals surface area contributed by atoms with Gasteiger partial charge in [-0.3, -0.25) is 4.79 Å². The lowest BCUT2D eigenvalue weighted by Gasteiger charge is -2.26. The third-order valence-electron chi connectivity index (χ3n) is 3.44. The summed E-state index contributed by atoms with van der Waals surface area (Å²) >= 11 is 2.24. The normalized spacial score (nSPS) is 11.2. The Morgan fingerprint density at radius 2 is 1.67 bits per heavy atom. The first-order valence-electron chi connectivity index (χ1n) is 7.08. The van der Waals surface area contributed by atoms with Gasteiger partial charge in [0.05, 0.1) is 0 Å². The van der Waals surface area contributed by atoms with E-state index in [9.17, 15) is 4.79 Å². The summed E-state index contributed by atoms with van der Waals surface area (Å²) in [6, 6.07) is 18.0. The van der Waals surface area contributed by atoms with E-state index in [-0.39, 0.29) is 11.4 Å². The predicted octanol–water partition coefficient (Wildman–Crippen LogP) is 4.43. The zero-order valence-corrected chi connectivity index (χ0v) is 14.6. The summed E-state index contributed by atoms with van der Waals surface area (Å²) in [4.78, 5) is 12.3. The van der Waals surface area contributed by atoms with E-state index >= 15 is 0 Å². The van der Waals surface area contributed by atoms with Crippen LogP contribution in [0.3, 0.4) is 0 Å². The van der Waals surface area contributed by atoms with Gasteiger partial charge in [0.15, 0.2) is 0 Å². The minimum absolute atomic E-state index is 0.00976. The van der Waals surface area contributed by atoms with Crippen LogP contribution in [0.15, 0.2) is 54.6 Å². The Balaban J connectivity index is 1.93. The van der Waals surface area contributed by atoms with E-state index in [1.54, 1.807) is 0 Å². The molecule has 2 rings (SSSR count). The van der Waals surface area contributed by atoms with Gasteiger partial charge in [-0.1, -0.05) is 30.3 Å². The number of nitrogens with one attached hydrogen (secondary N) is 1. The lowest BCUT2D eigenvalue weighted by atomic mass is 9.95. The van der Waals surface area contributed by atoms with Crippen molar-refractivity contribution in [2.45, 2.75) is 32.2 Å². The highest BCUT2D eigenvalue weighted by atomic mass is 127. The minimum Gasteiger partial charge on any atom is -0.347 e. The molecule has 0 fully saturated rings. The molecule has 2 nitrogen and oxygen atoms in total. The smallest absolute Gasteiger partial charge is 0.251 e. The highest BCUT2D eigenvalue weighted by Crippen LogP contribution is 2.15. The largest absolute Gasteiger partial charge is 0.347 e. The number of halogens is 1. The van der Waals surface area contributed by atoms with Crippen molar-refractivity contribution in [1.29, 1.82) is 0 Å². The van der Waals surface area contributed by atoms with E-state index in [1.807, 2.05) is 42.5 Å². The van der Waals surface area contributed by atoms with Gasteiger partial charge in [-0.25, -0.2) is 0 Å². The highest BCUT2D eigenvalue weighted by Gasteiger charge is 2.20. The fourth-order valence-corrected chi connectivity index (χ4v) is 2.50. The molecular weight excluding hydrogens is 373 g/mol. The molecule has 0 saturated carbocycles. The van der Waals surface area contributed by atoms with Crippen LogP contribution in [0.4, 0.5) is 0 Å². The topological polar surface area (TPSA) is 29.1 Å². The van der Waals surface area contributed by atoms with Crippen LogP contribution in [0.5, 0.6) is 0 Å². The lowest BCUT2D eigenvalue weighted by Crippen LogP contribution is -2.43. The first-order chi connectivity index (χ1) is 9.96. The maximum absolute atomic E-state index is 12.3. The molecule has 1 amide bonds. The van der Waals surface area contributed by atoms with E-state index in [2.05, 4.69) is 53.9 Å². The van der Waals surface area contributed by atoms with Crippen LogP contribution in [0.2, 0.25) is 0 Å². The molecule has 0 heterocycles. The Hall–Kier alpha value is -1.36. The molecule has 0 bridgehead atoms. The second-order valence-corrected chi connectivity index (χ2v) is 7.08. The standard InChI is InChI=1S/C18H20INO/c1-18(2,13-12-14-6-4-3-5-7-14)20-17(21)15-8-10-16(19)11-9-15/h3-11H,12-13H2,1-2H3,(H,20,21). The van der Waals surface area contributed by atoms with Crippen molar-refractivity contribution < 1.29 is 4.79 Å². The van der Waals surface area contributed by atoms with Gasteiger partial charge in [0.2, 0.25) is 0 Å². The zero-order valence-electron chi connectivity index (χ0n) is 12.4. The summed E-state index contributed by atoms with van der Waals surface area (Å²) < 4.78 is 1.13. The van der Waals surface area contributed by atoms with Crippen molar-refractivity contribution in [3.05, 3.63) is 69.3 Å². The maximum atomic E-state index is 12.3. The monoisotopic (exact) mass is 393 g/mol. The molecule has 1 N–H and O–H groups in total. The Labute approximate surface area is 140 Å². The van der Waals surface area contributed by atoms with Gasteiger partial charge in [0.1, 0.15) is 0 Å². The number of benzene rings is 2. The van der Waals surface area contributed by atoms with Crippen LogP contribution in [-0.4, -0.2) is 11.4 Å². The van der Waals surface area contributed by atoms with Crippen LogP contribution in [-0.2, 0) is 6.42 Å². The van der Waals surface area contributed by atoms with Gasteiger partial charge in [0.25, 0.3) is 5.91 Å². The SMILES string of the molecule is CC(C)(CCc1ccccc1)NC(=O)c1ccc(I)cc1. The second kappa shape index (κ2) is 7.07. The Kier molecular flexibility index (Phi) is 5.39. The molecule has 0 aliphatic carbocycles. The zero-order chi connectivity index (χ0) is 15.3. The quantitative estimate of drug-likeness (QED) is 0.749. The minimum atomic E-state index is -0.226. The Bertz CT molecular complexity index is 590. The van der Waals surface area contributed by atoms with Gasteiger partial charge in [-0.15, -0.1) is 0 Å². The molecule has 0 radical (unpaired) electrons. The first-order valence-corrected chi connectivity index (χ1v) is 8.16. The summed E-state index contributed by atoms with van der Waals surface area (Å²) in [5.74, 6) is -0.00976. The summed E-state index contributed by atoms with van der Waals surface area (Å²) in [6.45, 7) is 4.14. The molecule has 2 aromatic carbocycles. The average Bonchev–Trinajstić information content (AvgIpc) is 2.46. The number of aryl methyl sites for hydroxylation is 1. The molecule has 0 aliphatic heterocycles. The second-order valence-electron chi connectivity index (χ2n) is 5.83. The molecular formula is C18H20INO. The molecule has 0 atom stereocenters. The lowest BCUT2D eigenvalue weighted by molar-refractivity contribution is 0.0909. The highest BCUT2D eigenvalue weighted by molar-refractivity contribution is 14.1. The van der Waals surface area contributed by atoms with Gasteiger partial charge < -0.3 is 5.32 Å². The van der Waals surface area contributed by atoms with Crippen LogP contribution in [0.25, 0.3) is 0 Å². The molecule has 3 heteroatoms. The predicted molar refractivity (Wildman–Crippen MR) is 95.5 cm³/mol. The fraction of sp³-hybridized carbons (Fsp3) is 0.278. The molecule has 21 heavy (non-hydrogen) atoms. The molecule has 2 aromatic rings. The van der Waals surface area contributed by atoms with E-state index in [4.69, 9.17) is 0 Å². The van der Waals surface area contributed by atoms with Crippen molar-refractivity contribution >= 4 is 28.5 Å². The Morgan fingerprint density at radius 1 is 1.05 bits per heavy atom. The van der Waals surface area contributed by atoms with Gasteiger partial charge >= 0.3 is 0 Å². The number of carbonyl (C=O) groups is 1. The Morgan fingerprint density at radius 3 is 2.29 bits per heavy atom. The molecule has 0 spiro atoms.